The van der Waals surface area contributed by atoms with E-state index < -0.39 is 17.9 Å². The fourth-order valence-electron chi connectivity index (χ4n) is 3.17. The van der Waals surface area contributed by atoms with E-state index in [1.165, 1.54) is 29.2 Å². The molecule has 3 aromatic heterocycles. The van der Waals surface area contributed by atoms with Crippen LogP contribution in [0.4, 0.5) is 17.6 Å². The standard InChI is InChI=1S/C16H9F4N7O/c1-7-10-5-12-13(14-22-15(28-24-14)16(18,19)20)21-6-26(12)9-3-2-8(17)4-11(9)27(10)25-23-7/h2-4,6H,5H2,1H3. The van der Waals surface area contributed by atoms with Gasteiger partial charge in [-0.15, -0.1) is 5.10 Å². The molecular weight excluding hydrogens is 382 g/mol. The predicted molar refractivity (Wildman–Crippen MR) is 84.3 cm³/mol. The SMILES string of the molecule is Cc1nnn2c1Cc1c(-c3noc(C(F)(F)F)n3)ncn1-c1ccc(F)cc1-2. The Morgan fingerprint density at radius 2 is 1.96 bits per heavy atom. The maximum absolute atomic E-state index is 13.9. The van der Waals surface area contributed by atoms with Crippen LogP contribution in [0.1, 0.15) is 23.0 Å². The van der Waals surface area contributed by atoms with Crippen LogP contribution in [0.5, 0.6) is 0 Å². The van der Waals surface area contributed by atoms with E-state index in [0.717, 1.165) is 0 Å². The van der Waals surface area contributed by atoms with Gasteiger partial charge in [0.15, 0.2) is 0 Å². The molecule has 12 heteroatoms. The third-order valence-electron chi connectivity index (χ3n) is 4.46. The molecule has 0 radical (unpaired) electrons. The quantitative estimate of drug-likeness (QED) is 0.409. The van der Waals surface area contributed by atoms with Crippen molar-refractivity contribution in [3.05, 3.63) is 53.3 Å². The molecule has 142 valence electrons. The highest BCUT2D eigenvalue weighted by molar-refractivity contribution is 5.62. The predicted octanol–water partition coefficient (Wildman–Crippen LogP) is 2.87. The number of aromatic nitrogens is 7. The van der Waals surface area contributed by atoms with Crippen LogP contribution in [0, 0.1) is 12.7 Å². The van der Waals surface area contributed by atoms with Gasteiger partial charge in [0.05, 0.1) is 28.5 Å². The van der Waals surface area contributed by atoms with Gasteiger partial charge in [-0.25, -0.2) is 14.1 Å². The number of fused-ring (bicyclic) bond motifs is 5. The number of alkyl halides is 3. The number of hydrogen-bond donors (Lipinski definition) is 0. The van der Waals surface area contributed by atoms with Gasteiger partial charge in [0.1, 0.15) is 17.8 Å². The Morgan fingerprint density at radius 1 is 1.14 bits per heavy atom. The van der Waals surface area contributed by atoms with Crippen molar-refractivity contribution in [2.45, 2.75) is 19.5 Å². The van der Waals surface area contributed by atoms with Crippen molar-refractivity contribution in [1.82, 2.24) is 34.7 Å². The third kappa shape index (κ3) is 2.33. The van der Waals surface area contributed by atoms with Gasteiger partial charge in [0.25, 0.3) is 0 Å². The molecule has 28 heavy (non-hydrogen) atoms. The van der Waals surface area contributed by atoms with Gasteiger partial charge in [-0.1, -0.05) is 10.4 Å². The van der Waals surface area contributed by atoms with Crippen LogP contribution in [0.2, 0.25) is 0 Å². The summed E-state index contributed by atoms with van der Waals surface area (Å²) in [5, 5.41) is 11.5. The van der Waals surface area contributed by atoms with Crippen LogP contribution < -0.4 is 0 Å². The van der Waals surface area contributed by atoms with Gasteiger partial charge in [0.2, 0.25) is 5.82 Å². The van der Waals surface area contributed by atoms with Crippen molar-refractivity contribution < 1.29 is 22.1 Å². The van der Waals surface area contributed by atoms with E-state index in [2.05, 4.69) is 30.0 Å². The van der Waals surface area contributed by atoms with Gasteiger partial charge in [-0.2, -0.15) is 18.2 Å². The summed E-state index contributed by atoms with van der Waals surface area (Å²) < 4.78 is 59.8. The zero-order chi connectivity index (χ0) is 19.6. The summed E-state index contributed by atoms with van der Waals surface area (Å²) in [6.07, 6.45) is -3.12. The lowest BCUT2D eigenvalue weighted by molar-refractivity contribution is -0.159. The van der Waals surface area contributed by atoms with Gasteiger partial charge < -0.3 is 4.52 Å². The number of halogens is 4. The van der Waals surface area contributed by atoms with Crippen molar-refractivity contribution in [1.29, 1.82) is 0 Å². The lowest BCUT2D eigenvalue weighted by Crippen LogP contribution is -2.05. The molecule has 5 rings (SSSR count). The Labute approximate surface area is 153 Å². The van der Waals surface area contributed by atoms with E-state index in [9.17, 15) is 17.6 Å². The fraction of sp³-hybridized carbons (Fsp3) is 0.188. The monoisotopic (exact) mass is 391 g/mol. The summed E-state index contributed by atoms with van der Waals surface area (Å²) in [5.41, 5.74) is 2.85. The molecule has 0 amide bonds. The zero-order valence-corrected chi connectivity index (χ0v) is 14.1. The molecule has 0 aliphatic carbocycles. The Kier molecular flexibility index (Phi) is 3.24. The summed E-state index contributed by atoms with van der Waals surface area (Å²) in [5.74, 6) is -2.21. The van der Waals surface area contributed by atoms with Crippen molar-refractivity contribution in [2.75, 3.05) is 0 Å². The van der Waals surface area contributed by atoms with E-state index in [-0.39, 0.29) is 17.9 Å². The smallest absolute Gasteiger partial charge is 0.329 e. The second-order valence-electron chi connectivity index (χ2n) is 6.17. The minimum atomic E-state index is -4.76. The molecule has 0 saturated heterocycles. The molecule has 0 atom stereocenters. The van der Waals surface area contributed by atoms with E-state index in [4.69, 9.17) is 0 Å². The molecule has 0 fully saturated rings. The third-order valence-corrected chi connectivity index (χ3v) is 4.46. The first kappa shape index (κ1) is 16.6. The van der Waals surface area contributed by atoms with E-state index in [1.807, 2.05) is 0 Å². The van der Waals surface area contributed by atoms with Crippen LogP contribution in [0.25, 0.3) is 22.9 Å². The van der Waals surface area contributed by atoms with E-state index in [1.54, 1.807) is 11.5 Å². The van der Waals surface area contributed by atoms with Crippen LogP contribution in [-0.4, -0.2) is 34.7 Å². The maximum atomic E-state index is 13.9. The average molecular weight is 391 g/mol. The largest absolute Gasteiger partial charge is 0.471 e. The van der Waals surface area contributed by atoms with Gasteiger partial charge in [0, 0.05) is 12.5 Å². The lowest BCUT2D eigenvalue weighted by Gasteiger charge is -2.09. The number of imidazole rings is 1. The Morgan fingerprint density at radius 3 is 2.71 bits per heavy atom. The first-order valence-corrected chi connectivity index (χ1v) is 8.02. The lowest BCUT2D eigenvalue weighted by atomic mass is 10.1. The molecule has 0 unspecified atom stereocenters. The van der Waals surface area contributed by atoms with Crippen LogP contribution in [-0.2, 0) is 12.6 Å². The van der Waals surface area contributed by atoms with Crippen molar-refractivity contribution in [3.63, 3.8) is 0 Å². The van der Waals surface area contributed by atoms with Gasteiger partial charge in [-0.05, 0) is 19.1 Å². The Bertz CT molecular complexity index is 1220. The first-order chi connectivity index (χ1) is 13.3. The summed E-state index contributed by atoms with van der Waals surface area (Å²) >= 11 is 0. The fourth-order valence-corrected chi connectivity index (χ4v) is 3.17. The molecule has 0 bridgehead atoms. The van der Waals surface area contributed by atoms with Gasteiger partial charge >= 0.3 is 12.1 Å². The molecular formula is C16H9F4N7O. The summed E-state index contributed by atoms with van der Waals surface area (Å²) in [6, 6.07) is 4.11. The Hall–Kier alpha value is -3.57. The second-order valence-corrected chi connectivity index (χ2v) is 6.17. The van der Waals surface area contributed by atoms with Crippen LogP contribution >= 0.6 is 0 Å². The molecule has 0 N–H and O–H groups in total. The van der Waals surface area contributed by atoms with E-state index >= 15 is 0 Å². The molecule has 1 aliphatic rings. The summed E-state index contributed by atoms with van der Waals surface area (Å²) in [4.78, 5) is 7.60. The summed E-state index contributed by atoms with van der Waals surface area (Å²) in [7, 11) is 0. The highest BCUT2D eigenvalue weighted by atomic mass is 19.4. The second kappa shape index (κ2) is 5.47. The topological polar surface area (TPSA) is 87.4 Å². The highest BCUT2D eigenvalue weighted by Gasteiger charge is 2.39. The molecule has 4 aromatic rings. The minimum Gasteiger partial charge on any atom is -0.329 e. The minimum absolute atomic E-state index is 0.128. The highest BCUT2D eigenvalue weighted by Crippen LogP contribution is 2.34. The molecule has 1 aromatic carbocycles. The van der Waals surface area contributed by atoms with Crippen molar-refractivity contribution in [2.24, 2.45) is 0 Å². The van der Waals surface area contributed by atoms with Crippen LogP contribution in [0.3, 0.4) is 0 Å². The molecule has 0 spiro atoms. The molecule has 0 saturated carbocycles. The molecule has 1 aliphatic heterocycles. The number of hydrogen-bond acceptors (Lipinski definition) is 6. The Balaban J connectivity index is 1.74. The van der Waals surface area contributed by atoms with Crippen LogP contribution in [0.15, 0.2) is 29.0 Å². The first-order valence-electron chi connectivity index (χ1n) is 8.02. The zero-order valence-electron chi connectivity index (χ0n) is 14.1. The number of nitrogens with zero attached hydrogens (tertiary/aromatic N) is 7. The van der Waals surface area contributed by atoms with E-state index in [0.29, 0.717) is 28.5 Å². The van der Waals surface area contributed by atoms with Crippen molar-refractivity contribution >= 4 is 0 Å². The molecule has 8 nitrogen and oxygen atoms in total. The maximum Gasteiger partial charge on any atom is 0.471 e. The number of benzene rings is 1. The summed E-state index contributed by atoms with van der Waals surface area (Å²) in [6.45, 7) is 1.74. The average Bonchev–Trinajstić information content (AvgIpc) is 3.33. The molecule has 4 heterocycles. The number of aryl methyl sites for hydroxylation is 1. The number of rotatable bonds is 1. The van der Waals surface area contributed by atoms with Crippen molar-refractivity contribution in [3.8, 4) is 22.9 Å². The normalized spacial score (nSPS) is 13.0. The van der Waals surface area contributed by atoms with Gasteiger partial charge in [-0.3, -0.25) is 4.57 Å².